The Morgan fingerprint density at radius 2 is 1.81 bits per heavy atom. The molecule has 1 aromatic heterocycles. The highest BCUT2D eigenvalue weighted by Gasteiger charge is 2.48. The number of hydrogen-bond acceptors (Lipinski definition) is 5. The molecule has 8 heteroatoms. The molecule has 4 rings (SSSR count). The fourth-order valence-corrected chi connectivity index (χ4v) is 5.69. The fourth-order valence-electron chi connectivity index (χ4n) is 4.07. The van der Waals surface area contributed by atoms with E-state index in [0.29, 0.717) is 5.52 Å². The molecule has 0 saturated carbocycles. The van der Waals surface area contributed by atoms with Crippen molar-refractivity contribution in [2.24, 2.45) is 11.7 Å². The maximum atomic E-state index is 13.6. The smallest absolute Gasteiger partial charge is 0.243 e. The number of benzene rings is 2. The molecule has 0 saturated heterocycles. The number of carbonyl (C=O) groups is 1. The second-order valence-corrected chi connectivity index (χ2v) is 9.13. The molecule has 3 unspecified atom stereocenters. The number of allylic oxidation sites excluding steroid dienone is 2. The Labute approximate surface area is 180 Å². The van der Waals surface area contributed by atoms with Crippen molar-refractivity contribution in [3.63, 3.8) is 0 Å². The summed E-state index contributed by atoms with van der Waals surface area (Å²) in [6.45, 7) is 1.88. The zero-order valence-corrected chi connectivity index (χ0v) is 17.7. The van der Waals surface area contributed by atoms with E-state index in [1.165, 1.54) is 18.5 Å². The number of nitrogens with zero attached hydrogens (tertiary/aromatic N) is 2. The summed E-state index contributed by atoms with van der Waals surface area (Å²) in [6.07, 6.45) is 9.71. The Kier molecular flexibility index (Phi) is 5.43. The van der Waals surface area contributed by atoms with Crippen molar-refractivity contribution in [3.05, 3.63) is 90.8 Å². The van der Waals surface area contributed by atoms with Crippen LogP contribution in [0.2, 0.25) is 0 Å². The van der Waals surface area contributed by atoms with Crippen LogP contribution in [0.15, 0.2) is 90.1 Å². The first-order valence-corrected chi connectivity index (χ1v) is 11.3. The van der Waals surface area contributed by atoms with E-state index in [1.54, 1.807) is 36.4 Å². The van der Waals surface area contributed by atoms with Crippen LogP contribution in [0.4, 0.5) is 0 Å². The number of amides is 1. The number of fused-ring (bicyclic) bond motifs is 1. The lowest BCUT2D eigenvalue weighted by Gasteiger charge is -2.42. The zero-order chi connectivity index (χ0) is 22.1. The standard InChI is InChI=1S/C23H22N4O3S/c1-16(17-8-3-2-4-9-17)23(13-6-5-10-18(23)22(24)28)27-31(29,30)20-12-7-11-19-21(20)26-15-14-25-19/h2-16,18,27H,1H3,(H2,24,28). The minimum absolute atomic E-state index is 0.0103. The molecule has 0 fully saturated rings. The van der Waals surface area contributed by atoms with E-state index in [0.717, 1.165) is 5.56 Å². The first-order chi connectivity index (χ1) is 14.8. The first-order valence-electron chi connectivity index (χ1n) is 9.79. The van der Waals surface area contributed by atoms with E-state index < -0.39 is 33.3 Å². The van der Waals surface area contributed by atoms with Crippen molar-refractivity contribution < 1.29 is 13.2 Å². The molecule has 0 spiro atoms. The maximum Gasteiger partial charge on any atom is 0.243 e. The van der Waals surface area contributed by atoms with Gasteiger partial charge in [0.2, 0.25) is 15.9 Å². The van der Waals surface area contributed by atoms with Gasteiger partial charge in [-0.2, -0.15) is 4.72 Å². The number of rotatable bonds is 6. The second kappa shape index (κ2) is 8.05. The van der Waals surface area contributed by atoms with Gasteiger partial charge in [0.25, 0.3) is 0 Å². The molecular formula is C23H22N4O3S. The predicted octanol–water partition coefficient (Wildman–Crippen LogP) is 2.68. The van der Waals surface area contributed by atoms with Crippen LogP contribution in [0.3, 0.4) is 0 Å². The molecule has 31 heavy (non-hydrogen) atoms. The molecule has 158 valence electrons. The lowest BCUT2D eigenvalue weighted by atomic mass is 9.70. The Hall–Kier alpha value is -3.36. The van der Waals surface area contributed by atoms with Crippen LogP contribution >= 0.6 is 0 Å². The number of nitrogens with two attached hydrogens (primary N) is 1. The van der Waals surface area contributed by atoms with Crippen molar-refractivity contribution in [1.29, 1.82) is 0 Å². The number of para-hydroxylation sites is 1. The zero-order valence-electron chi connectivity index (χ0n) is 16.8. The minimum Gasteiger partial charge on any atom is -0.369 e. The molecule has 3 N–H and O–H groups in total. The lowest BCUT2D eigenvalue weighted by Crippen LogP contribution is -2.59. The summed E-state index contributed by atoms with van der Waals surface area (Å²) in [4.78, 5) is 20.8. The van der Waals surface area contributed by atoms with Gasteiger partial charge in [-0.25, -0.2) is 8.42 Å². The fraction of sp³-hybridized carbons (Fsp3) is 0.174. The number of nitrogens with one attached hydrogen (secondary N) is 1. The number of aromatic nitrogens is 2. The monoisotopic (exact) mass is 434 g/mol. The average Bonchev–Trinajstić information content (AvgIpc) is 2.78. The van der Waals surface area contributed by atoms with Crippen molar-refractivity contribution in [2.45, 2.75) is 23.3 Å². The third kappa shape index (κ3) is 3.75. The molecule has 0 aliphatic heterocycles. The summed E-state index contributed by atoms with van der Waals surface area (Å²) in [6, 6.07) is 14.2. The van der Waals surface area contributed by atoms with Crippen LogP contribution in [0.1, 0.15) is 18.4 Å². The van der Waals surface area contributed by atoms with Gasteiger partial charge in [0, 0.05) is 18.3 Å². The van der Waals surface area contributed by atoms with Gasteiger partial charge in [-0.15, -0.1) is 0 Å². The molecule has 1 aliphatic rings. The first kappa shape index (κ1) is 20.9. The third-order valence-corrected chi connectivity index (χ3v) is 7.22. The van der Waals surface area contributed by atoms with Gasteiger partial charge in [-0.05, 0) is 17.7 Å². The van der Waals surface area contributed by atoms with E-state index in [1.807, 2.05) is 37.3 Å². The molecule has 7 nitrogen and oxygen atoms in total. The van der Waals surface area contributed by atoms with Crippen LogP contribution < -0.4 is 10.5 Å². The van der Waals surface area contributed by atoms with E-state index in [-0.39, 0.29) is 10.4 Å². The maximum absolute atomic E-state index is 13.6. The van der Waals surface area contributed by atoms with E-state index >= 15 is 0 Å². The molecule has 3 atom stereocenters. The third-order valence-electron chi connectivity index (χ3n) is 5.69. The molecule has 2 aromatic carbocycles. The van der Waals surface area contributed by atoms with Crippen LogP contribution in [0, 0.1) is 5.92 Å². The van der Waals surface area contributed by atoms with E-state index in [9.17, 15) is 13.2 Å². The van der Waals surface area contributed by atoms with Crippen molar-refractivity contribution in [3.8, 4) is 0 Å². The second-order valence-electron chi connectivity index (χ2n) is 7.48. The number of hydrogen-bond donors (Lipinski definition) is 2. The van der Waals surface area contributed by atoms with Gasteiger partial charge >= 0.3 is 0 Å². The number of sulfonamides is 1. The summed E-state index contributed by atoms with van der Waals surface area (Å²) in [7, 11) is -4.11. The van der Waals surface area contributed by atoms with Crippen LogP contribution in [0.25, 0.3) is 11.0 Å². The van der Waals surface area contributed by atoms with Gasteiger partial charge in [0.15, 0.2) is 0 Å². The summed E-state index contributed by atoms with van der Waals surface area (Å²) < 4.78 is 30.1. The highest BCUT2D eigenvalue weighted by atomic mass is 32.2. The lowest BCUT2D eigenvalue weighted by molar-refractivity contribution is -0.122. The Morgan fingerprint density at radius 3 is 2.55 bits per heavy atom. The highest BCUT2D eigenvalue weighted by molar-refractivity contribution is 7.89. The normalized spacial score (nSPS) is 21.8. The summed E-state index contributed by atoms with van der Waals surface area (Å²) in [5.41, 5.74) is 6.01. The molecule has 1 amide bonds. The summed E-state index contributed by atoms with van der Waals surface area (Å²) in [5, 5.41) is 0. The molecular weight excluding hydrogens is 412 g/mol. The Balaban J connectivity index is 1.88. The Morgan fingerprint density at radius 1 is 1.06 bits per heavy atom. The largest absolute Gasteiger partial charge is 0.369 e. The highest BCUT2D eigenvalue weighted by Crippen LogP contribution is 2.39. The molecule has 0 radical (unpaired) electrons. The van der Waals surface area contributed by atoms with Crippen molar-refractivity contribution in [1.82, 2.24) is 14.7 Å². The SMILES string of the molecule is CC(c1ccccc1)C1(NS(=O)(=O)c2cccc3nccnc23)C=CC=CC1C(N)=O. The molecule has 1 heterocycles. The minimum atomic E-state index is -4.11. The van der Waals surface area contributed by atoms with Gasteiger partial charge < -0.3 is 5.73 Å². The summed E-state index contributed by atoms with van der Waals surface area (Å²) >= 11 is 0. The van der Waals surface area contributed by atoms with Crippen LogP contribution in [-0.2, 0) is 14.8 Å². The van der Waals surface area contributed by atoms with E-state index in [2.05, 4.69) is 14.7 Å². The van der Waals surface area contributed by atoms with E-state index in [4.69, 9.17) is 5.73 Å². The average molecular weight is 435 g/mol. The van der Waals surface area contributed by atoms with Crippen molar-refractivity contribution >= 4 is 27.0 Å². The molecule has 3 aromatic rings. The van der Waals surface area contributed by atoms with Crippen molar-refractivity contribution in [2.75, 3.05) is 0 Å². The number of primary amides is 1. The van der Waals surface area contributed by atoms with Gasteiger partial charge in [0.1, 0.15) is 10.4 Å². The molecule has 1 aliphatic carbocycles. The van der Waals surface area contributed by atoms with Gasteiger partial charge in [-0.3, -0.25) is 14.8 Å². The van der Waals surface area contributed by atoms with Gasteiger partial charge in [-0.1, -0.05) is 67.6 Å². The predicted molar refractivity (Wildman–Crippen MR) is 118 cm³/mol. The van der Waals surface area contributed by atoms with Crippen LogP contribution in [0.5, 0.6) is 0 Å². The van der Waals surface area contributed by atoms with Gasteiger partial charge in [0.05, 0.1) is 17.0 Å². The van der Waals surface area contributed by atoms with Crippen LogP contribution in [-0.4, -0.2) is 29.8 Å². The Bertz CT molecular complexity index is 1280. The topological polar surface area (TPSA) is 115 Å². The summed E-state index contributed by atoms with van der Waals surface area (Å²) in [5.74, 6) is -1.91. The quantitative estimate of drug-likeness (QED) is 0.619. The number of carbonyl (C=O) groups excluding carboxylic acids is 1. The molecule has 0 bridgehead atoms.